The van der Waals surface area contributed by atoms with E-state index in [2.05, 4.69) is 20.5 Å². The Balaban J connectivity index is 1.45. The number of aromatic nitrogens is 3. The number of para-hydroxylation sites is 1. The van der Waals surface area contributed by atoms with Gasteiger partial charge in [-0.1, -0.05) is 61.7 Å². The lowest BCUT2D eigenvalue weighted by atomic mass is 9.98. The minimum absolute atomic E-state index is 0.0741. The molecule has 2 N–H and O–H groups in total. The zero-order chi connectivity index (χ0) is 19.2. The highest BCUT2D eigenvalue weighted by atomic mass is 16.5. The lowest BCUT2D eigenvalue weighted by Gasteiger charge is -2.21. The molecule has 0 radical (unpaired) electrons. The van der Waals surface area contributed by atoms with Crippen LogP contribution in [0.5, 0.6) is 0 Å². The number of anilines is 1. The lowest BCUT2D eigenvalue weighted by Crippen LogP contribution is -2.25. The van der Waals surface area contributed by atoms with Crippen molar-refractivity contribution in [3.8, 4) is 22.8 Å². The molecule has 0 saturated heterocycles. The highest BCUT2D eigenvalue weighted by Crippen LogP contribution is 2.27. The molecule has 1 amide bonds. The van der Waals surface area contributed by atoms with Crippen LogP contribution in [0.25, 0.3) is 22.8 Å². The van der Waals surface area contributed by atoms with E-state index in [1.165, 1.54) is 19.3 Å². The Morgan fingerprint density at radius 1 is 1.04 bits per heavy atom. The average molecular weight is 376 g/mol. The second-order valence-corrected chi connectivity index (χ2v) is 7.04. The predicted molar refractivity (Wildman–Crippen MR) is 109 cm³/mol. The molecule has 144 valence electrons. The topological polar surface area (TPSA) is 79.9 Å². The number of hydrogen-bond donors (Lipinski definition) is 2. The van der Waals surface area contributed by atoms with E-state index in [9.17, 15) is 4.79 Å². The molecular weight excluding hydrogens is 352 g/mol. The number of ether oxygens (including phenoxy) is 1. The molecule has 0 aliphatic heterocycles. The van der Waals surface area contributed by atoms with Crippen molar-refractivity contribution in [2.75, 3.05) is 11.9 Å². The van der Waals surface area contributed by atoms with E-state index in [-0.39, 0.29) is 18.6 Å². The van der Waals surface area contributed by atoms with Gasteiger partial charge in [0, 0.05) is 11.1 Å². The van der Waals surface area contributed by atoms with Gasteiger partial charge in [-0.2, -0.15) is 5.10 Å². The van der Waals surface area contributed by atoms with Crippen LogP contribution in [0.1, 0.15) is 32.1 Å². The zero-order valence-electron chi connectivity index (χ0n) is 15.7. The molecule has 0 spiro atoms. The summed E-state index contributed by atoms with van der Waals surface area (Å²) >= 11 is 0. The molecule has 1 aliphatic carbocycles. The van der Waals surface area contributed by atoms with Crippen LogP contribution < -0.4 is 5.32 Å². The first-order valence-electron chi connectivity index (χ1n) is 9.78. The third kappa shape index (κ3) is 4.46. The number of amides is 1. The molecule has 6 heteroatoms. The average Bonchev–Trinajstić information content (AvgIpc) is 3.24. The van der Waals surface area contributed by atoms with Crippen molar-refractivity contribution in [1.82, 2.24) is 15.2 Å². The Kier molecular flexibility index (Phi) is 5.77. The fraction of sp³-hybridized carbons (Fsp3) is 0.318. The van der Waals surface area contributed by atoms with Gasteiger partial charge in [0.05, 0.1) is 11.8 Å². The summed E-state index contributed by atoms with van der Waals surface area (Å²) in [4.78, 5) is 17.0. The molecule has 1 aromatic heterocycles. The molecule has 1 heterocycles. The number of hydrogen-bond acceptors (Lipinski definition) is 4. The maximum atomic E-state index is 12.4. The molecule has 0 unspecified atom stereocenters. The van der Waals surface area contributed by atoms with Gasteiger partial charge in [0.15, 0.2) is 11.6 Å². The fourth-order valence-corrected chi connectivity index (χ4v) is 3.51. The van der Waals surface area contributed by atoms with Crippen molar-refractivity contribution in [3.05, 3.63) is 54.6 Å². The van der Waals surface area contributed by atoms with Gasteiger partial charge in [-0.3, -0.25) is 9.89 Å². The van der Waals surface area contributed by atoms with Gasteiger partial charge >= 0.3 is 0 Å². The van der Waals surface area contributed by atoms with E-state index in [1.807, 2.05) is 54.6 Å². The van der Waals surface area contributed by atoms with Crippen molar-refractivity contribution < 1.29 is 9.53 Å². The minimum atomic E-state index is -0.152. The molecule has 0 atom stereocenters. The number of rotatable bonds is 6. The Morgan fingerprint density at radius 3 is 2.61 bits per heavy atom. The van der Waals surface area contributed by atoms with E-state index < -0.39 is 0 Å². The van der Waals surface area contributed by atoms with E-state index in [0.29, 0.717) is 17.3 Å². The lowest BCUT2D eigenvalue weighted by molar-refractivity contribution is -0.123. The van der Waals surface area contributed by atoms with Crippen molar-refractivity contribution >= 4 is 11.6 Å². The van der Waals surface area contributed by atoms with Gasteiger partial charge in [-0.25, -0.2) is 4.98 Å². The first-order valence-corrected chi connectivity index (χ1v) is 9.78. The van der Waals surface area contributed by atoms with Crippen LogP contribution in [-0.4, -0.2) is 33.8 Å². The van der Waals surface area contributed by atoms with Crippen molar-refractivity contribution in [2.45, 2.75) is 38.2 Å². The number of carbonyl (C=O) groups is 1. The zero-order valence-corrected chi connectivity index (χ0v) is 15.7. The number of H-pyrrole nitrogens is 1. The summed E-state index contributed by atoms with van der Waals surface area (Å²) in [5, 5.41) is 10.2. The summed E-state index contributed by atoms with van der Waals surface area (Å²) in [6.45, 7) is 0.0741. The second-order valence-electron chi connectivity index (χ2n) is 7.04. The molecule has 4 rings (SSSR count). The van der Waals surface area contributed by atoms with Gasteiger partial charge in [0.25, 0.3) is 0 Å². The number of benzene rings is 2. The molecule has 6 nitrogen and oxygen atoms in total. The van der Waals surface area contributed by atoms with E-state index in [1.54, 1.807) is 0 Å². The first-order chi connectivity index (χ1) is 13.8. The van der Waals surface area contributed by atoms with Gasteiger partial charge in [0.2, 0.25) is 5.91 Å². The third-order valence-corrected chi connectivity index (χ3v) is 4.98. The Morgan fingerprint density at radius 2 is 1.79 bits per heavy atom. The molecule has 2 aromatic carbocycles. The van der Waals surface area contributed by atoms with Crippen LogP contribution in [-0.2, 0) is 9.53 Å². The van der Waals surface area contributed by atoms with Gasteiger partial charge in [0.1, 0.15) is 6.61 Å². The maximum Gasteiger partial charge on any atom is 0.250 e. The van der Waals surface area contributed by atoms with Crippen molar-refractivity contribution in [3.63, 3.8) is 0 Å². The summed E-state index contributed by atoms with van der Waals surface area (Å²) in [6, 6.07) is 17.3. The quantitative estimate of drug-likeness (QED) is 0.667. The maximum absolute atomic E-state index is 12.4. The fourth-order valence-electron chi connectivity index (χ4n) is 3.51. The number of nitrogens with zero attached hydrogens (tertiary/aromatic N) is 2. The molecule has 1 fully saturated rings. The van der Waals surface area contributed by atoms with E-state index >= 15 is 0 Å². The largest absolute Gasteiger partial charge is 0.368 e. The minimum Gasteiger partial charge on any atom is -0.368 e. The van der Waals surface area contributed by atoms with Crippen molar-refractivity contribution in [1.29, 1.82) is 0 Å². The highest BCUT2D eigenvalue weighted by Gasteiger charge is 2.17. The van der Waals surface area contributed by atoms with Crippen LogP contribution in [0, 0.1) is 0 Å². The number of carbonyl (C=O) groups excluding carboxylic acids is 1. The molecule has 0 bridgehead atoms. The smallest absolute Gasteiger partial charge is 0.250 e. The molecular formula is C22H24N4O2. The van der Waals surface area contributed by atoms with Gasteiger partial charge in [-0.15, -0.1) is 0 Å². The molecule has 1 saturated carbocycles. The van der Waals surface area contributed by atoms with Crippen LogP contribution >= 0.6 is 0 Å². The summed E-state index contributed by atoms with van der Waals surface area (Å²) in [6.07, 6.45) is 5.93. The SMILES string of the molecule is O=C(COC1CCCCC1)Nc1ccccc1-c1nc(-c2ccccc2)n[nH]1. The molecule has 28 heavy (non-hydrogen) atoms. The Labute approximate surface area is 164 Å². The number of aromatic amines is 1. The first kappa shape index (κ1) is 18.4. The molecule has 1 aliphatic rings. The summed E-state index contributed by atoms with van der Waals surface area (Å²) in [7, 11) is 0. The number of nitrogens with one attached hydrogen (secondary N) is 2. The van der Waals surface area contributed by atoms with Gasteiger partial charge < -0.3 is 10.1 Å². The van der Waals surface area contributed by atoms with Crippen LogP contribution in [0.15, 0.2) is 54.6 Å². The second kappa shape index (κ2) is 8.80. The predicted octanol–water partition coefficient (Wildman–Crippen LogP) is 4.43. The third-order valence-electron chi connectivity index (χ3n) is 4.98. The van der Waals surface area contributed by atoms with Crippen molar-refractivity contribution in [2.24, 2.45) is 0 Å². The summed E-state index contributed by atoms with van der Waals surface area (Å²) < 4.78 is 5.78. The normalized spacial score (nSPS) is 14.7. The van der Waals surface area contributed by atoms with E-state index in [4.69, 9.17) is 4.74 Å². The summed E-state index contributed by atoms with van der Waals surface area (Å²) in [5.41, 5.74) is 2.42. The van der Waals surface area contributed by atoms with Gasteiger partial charge in [-0.05, 0) is 25.0 Å². The standard InChI is InChI=1S/C22H24N4O2/c27-20(15-28-17-11-5-2-6-12-17)23-19-14-8-7-13-18(19)22-24-21(25-26-22)16-9-3-1-4-10-16/h1,3-4,7-10,13-14,17H,2,5-6,11-12,15H2,(H,23,27)(H,24,25,26). The Hall–Kier alpha value is -2.99. The van der Waals surface area contributed by atoms with Crippen LogP contribution in [0.4, 0.5) is 5.69 Å². The summed E-state index contributed by atoms with van der Waals surface area (Å²) in [5.74, 6) is 1.08. The monoisotopic (exact) mass is 376 g/mol. The Bertz CT molecular complexity index is 917. The molecule has 3 aromatic rings. The van der Waals surface area contributed by atoms with Crippen LogP contribution in [0.3, 0.4) is 0 Å². The van der Waals surface area contributed by atoms with Crippen LogP contribution in [0.2, 0.25) is 0 Å². The van der Waals surface area contributed by atoms with E-state index in [0.717, 1.165) is 24.0 Å². The highest BCUT2D eigenvalue weighted by molar-refractivity contribution is 5.95.